The Morgan fingerprint density at radius 2 is 1.94 bits per heavy atom. The first kappa shape index (κ1) is 13.3. The van der Waals surface area contributed by atoms with Crippen molar-refractivity contribution in [2.75, 3.05) is 6.61 Å². The zero-order valence-electron chi connectivity index (χ0n) is 11.8. The summed E-state index contributed by atoms with van der Waals surface area (Å²) in [7, 11) is 0. The maximum atomic E-state index is 12.2. The number of ketones is 1. The number of hydrogen-bond acceptors (Lipinski definition) is 2. The molecule has 2 rings (SSSR count). The molecule has 1 aromatic heterocycles. The highest BCUT2D eigenvalue weighted by Gasteiger charge is 2.32. The average Bonchev–Trinajstić information content (AvgIpc) is 2.54. The van der Waals surface area contributed by atoms with E-state index in [0.717, 1.165) is 36.4 Å². The fourth-order valence-electron chi connectivity index (χ4n) is 2.70. The van der Waals surface area contributed by atoms with Crippen LogP contribution >= 0.6 is 0 Å². The van der Waals surface area contributed by atoms with Gasteiger partial charge < -0.3 is 9.72 Å². The largest absolute Gasteiger partial charge is 0.378 e. The molecule has 0 aliphatic heterocycles. The van der Waals surface area contributed by atoms with Crippen molar-refractivity contribution in [1.29, 1.82) is 0 Å². The summed E-state index contributed by atoms with van der Waals surface area (Å²) in [5.41, 5.74) is 4.24. The third-order valence-electron chi connectivity index (χ3n) is 4.16. The number of carbonyl (C=O) groups excluding carboxylic acids is 1. The number of aromatic nitrogens is 1. The number of hydrogen-bond donors (Lipinski definition) is 1. The number of carbonyl (C=O) groups is 1. The fraction of sp³-hybridized carbons (Fsp3) is 0.667. The Morgan fingerprint density at radius 3 is 2.44 bits per heavy atom. The minimum Gasteiger partial charge on any atom is -0.378 e. The molecule has 3 heteroatoms. The Morgan fingerprint density at radius 1 is 1.28 bits per heavy atom. The lowest BCUT2D eigenvalue weighted by Gasteiger charge is -2.34. The normalized spacial score (nSPS) is 22.9. The molecule has 0 aromatic carbocycles. The molecule has 1 fully saturated rings. The maximum absolute atomic E-state index is 12.2. The predicted octanol–water partition coefficient (Wildman–Crippen LogP) is 3.33. The Bertz CT molecular complexity index is 442. The van der Waals surface area contributed by atoms with E-state index in [2.05, 4.69) is 11.9 Å². The quantitative estimate of drug-likeness (QED) is 0.813. The van der Waals surface area contributed by atoms with Crippen LogP contribution in [0.4, 0.5) is 0 Å². The smallest absolute Gasteiger partial charge is 0.179 e. The Kier molecular flexibility index (Phi) is 3.91. The van der Waals surface area contributed by atoms with E-state index in [4.69, 9.17) is 4.74 Å². The van der Waals surface area contributed by atoms with Crippen LogP contribution in [0.15, 0.2) is 0 Å². The fourth-order valence-corrected chi connectivity index (χ4v) is 2.70. The van der Waals surface area contributed by atoms with Gasteiger partial charge in [-0.2, -0.15) is 0 Å². The molecule has 1 aromatic rings. The van der Waals surface area contributed by atoms with Crippen LogP contribution in [0, 0.1) is 26.7 Å². The zero-order chi connectivity index (χ0) is 13.3. The van der Waals surface area contributed by atoms with Gasteiger partial charge in [-0.15, -0.1) is 0 Å². The SMILES string of the molecule is CCOC1CC(CC(=O)c2[nH]c(C)c(C)c2C)C1. The molecule has 0 unspecified atom stereocenters. The van der Waals surface area contributed by atoms with Crippen molar-refractivity contribution in [3.8, 4) is 0 Å². The van der Waals surface area contributed by atoms with E-state index < -0.39 is 0 Å². The van der Waals surface area contributed by atoms with Gasteiger partial charge in [-0.25, -0.2) is 0 Å². The number of Topliss-reactive ketones (excluding diaryl/α,β-unsaturated/α-hetero) is 1. The van der Waals surface area contributed by atoms with Gasteiger partial charge in [-0.3, -0.25) is 4.79 Å². The van der Waals surface area contributed by atoms with Gasteiger partial charge in [-0.05, 0) is 57.6 Å². The van der Waals surface area contributed by atoms with E-state index in [0.29, 0.717) is 18.4 Å². The first-order chi connectivity index (χ1) is 8.52. The van der Waals surface area contributed by atoms with Crippen molar-refractivity contribution in [3.63, 3.8) is 0 Å². The average molecular weight is 249 g/mol. The maximum Gasteiger partial charge on any atom is 0.179 e. The van der Waals surface area contributed by atoms with Crippen LogP contribution < -0.4 is 0 Å². The lowest BCUT2D eigenvalue weighted by atomic mass is 9.78. The van der Waals surface area contributed by atoms with E-state index in [1.165, 1.54) is 5.56 Å². The highest BCUT2D eigenvalue weighted by atomic mass is 16.5. The lowest BCUT2D eigenvalue weighted by Crippen LogP contribution is -2.32. The summed E-state index contributed by atoms with van der Waals surface area (Å²) in [6, 6.07) is 0. The molecule has 1 heterocycles. The second-order valence-electron chi connectivity index (χ2n) is 5.42. The molecule has 100 valence electrons. The van der Waals surface area contributed by atoms with Crippen molar-refractivity contribution < 1.29 is 9.53 Å². The van der Waals surface area contributed by atoms with E-state index in [1.54, 1.807) is 0 Å². The molecule has 1 N–H and O–H groups in total. The highest BCUT2D eigenvalue weighted by molar-refractivity contribution is 5.96. The van der Waals surface area contributed by atoms with Crippen LogP contribution in [0.2, 0.25) is 0 Å². The molecule has 0 amide bonds. The molecule has 0 spiro atoms. The molecule has 0 saturated heterocycles. The zero-order valence-corrected chi connectivity index (χ0v) is 11.8. The van der Waals surface area contributed by atoms with Gasteiger partial charge in [0, 0.05) is 18.7 Å². The van der Waals surface area contributed by atoms with Crippen LogP contribution in [0.5, 0.6) is 0 Å². The minimum atomic E-state index is 0.253. The van der Waals surface area contributed by atoms with Gasteiger partial charge in [0.2, 0.25) is 0 Å². The van der Waals surface area contributed by atoms with Crippen molar-refractivity contribution in [1.82, 2.24) is 4.98 Å². The van der Waals surface area contributed by atoms with E-state index in [-0.39, 0.29) is 5.78 Å². The van der Waals surface area contributed by atoms with Crippen LogP contribution in [0.25, 0.3) is 0 Å². The number of ether oxygens (including phenoxy) is 1. The van der Waals surface area contributed by atoms with Gasteiger partial charge in [0.15, 0.2) is 5.78 Å². The monoisotopic (exact) mass is 249 g/mol. The Hall–Kier alpha value is -1.09. The third kappa shape index (κ3) is 2.51. The summed E-state index contributed by atoms with van der Waals surface area (Å²) < 4.78 is 5.52. The van der Waals surface area contributed by atoms with E-state index in [1.807, 2.05) is 20.8 Å². The van der Waals surface area contributed by atoms with Crippen LogP contribution in [-0.2, 0) is 4.74 Å². The summed E-state index contributed by atoms with van der Waals surface area (Å²) in [5, 5.41) is 0. The third-order valence-corrected chi connectivity index (χ3v) is 4.16. The number of H-pyrrole nitrogens is 1. The summed E-state index contributed by atoms with van der Waals surface area (Å²) in [6.45, 7) is 8.90. The van der Waals surface area contributed by atoms with Gasteiger partial charge in [0.25, 0.3) is 0 Å². The van der Waals surface area contributed by atoms with Crippen molar-refractivity contribution in [2.24, 2.45) is 5.92 Å². The van der Waals surface area contributed by atoms with Gasteiger partial charge in [0.1, 0.15) is 0 Å². The van der Waals surface area contributed by atoms with Gasteiger partial charge in [0.05, 0.1) is 11.8 Å². The van der Waals surface area contributed by atoms with Crippen LogP contribution in [0.1, 0.15) is 53.5 Å². The number of aromatic amines is 1. The summed E-state index contributed by atoms with van der Waals surface area (Å²) in [5.74, 6) is 0.765. The predicted molar refractivity (Wildman–Crippen MR) is 72.1 cm³/mol. The molecule has 0 atom stereocenters. The molecule has 0 bridgehead atoms. The molecule has 18 heavy (non-hydrogen) atoms. The second-order valence-corrected chi connectivity index (χ2v) is 5.42. The summed E-state index contributed by atoms with van der Waals surface area (Å²) >= 11 is 0. The Labute approximate surface area is 109 Å². The molecule has 3 nitrogen and oxygen atoms in total. The molecular formula is C15H23NO2. The summed E-state index contributed by atoms with van der Waals surface area (Å²) in [6.07, 6.45) is 3.12. The standard InChI is InChI=1S/C15H23NO2/c1-5-18-13-6-12(7-13)8-14(17)15-10(3)9(2)11(4)16-15/h12-13,16H,5-8H2,1-4H3. The number of rotatable bonds is 5. The first-order valence-corrected chi connectivity index (χ1v) is 6.83. The second kappa shape index (κ2) is 5.27. The summed E-state index contributed by atoms with van der Waals surface area (Å²) in [4.78, 5) is 15.4. The first-order valence-electron chi connectivity index (χ1n) is 6.83. The highest BCUT2D eigenvalue weighted by Crippen LogP contribution is 2.34. The van der Waals surface area contributed by atoms with E-state index >= 15 is 0 Å². The van der Waals surface area contributed by atoms with Crippen LogP contribution in [-0.4, -0.2) is 23.5 Å². The van der Waals surface area contributed by atoms with Gasteiger partial charge in [-0.1, -0.05) is 0 Å². The molecule has 0 radical (unpaired) electrons. The number of aryl methyl sites for hydroxylation is 1. The van der Waals surface area contributed by atoms with Crippen molar-refractivity contribution in [3.05, 3.63) is 22.5 Å². The molecule has 1 saturated carbocycles. The number of nitrogens with one attached hydrogen (secondary N) is 1. The molecule has 1 aliphatic rings. The minimum absolute atomic E-state index is 0.253. The molecular weight excluding hydrogens is 226 g/mol. The Balaban J connectivity index is 1.91. The lowest BCUT2D eigenvalue weighted by molar-refractivity contribution is -0.0246. The topological polar surface area (TPSA) is 42.1 Å². The van der Waals surface area contributed by atoms with Crippen molar-refractivity contribution in [2.45, 2.75) is 53.1 Å². The molecule has 1 aliphatic carbocycles. The van der Waals surface area contributed by atoms with E-state index in [9.17, 15) is 4.79 Å². The van der Waals surface area contributed by atoms with Crippen LogP contribution in [0.3, 0.4) is 0 Å². The van der Waals surface area contributed by atoms with Crippen molar-refractivity contribution >= 4 is 5.78 Å². The van der Waals surface area contributed by atoms with Gasteiger partial charge >= 0.3 is 0 Å².